The summed E-state index contributed by atoms with van der Waals surface area (Å²) in [7, 11) is 2.94. The maximum atomic E-state index is 8.71. The predicted octanol–water partition coefficient (Wildman–Crippen LogP) is 2.43. The van der Waals surface area contributed by atoms with Gasteiger partial charge in [0.25, 0.3) is 0 Å². The minimum atomic E-state index is -1.85. The molecule has 136 valence electrons. The van der Waals surface area contributed by atoms with Gasteiger partial charge in [0.05, 0.1) is 17.0 Å². The van der Waals surface area contributed by atoms with Crippen molar-refractivity contribution in [1.29, 1.82) is 0 Å². The van der Waals surface area contributed by atoms with Crippen LogP contribution in [0.25, 0.3) is 6.08 Å². The Morgan fingerprint density at radius 1 is 1.38 bits per heavy atom. The molecule has 0 amide bonds. The van der Waals surface area contributed by atoms with E-state index >= 15 is 0 Å². The van der Waals surface area contributed by atoms with Gasteiger partial charge in [-0.25, -0.2) is 4.98 Å². The molecular formula is C19H22N4O3. The summed E-state index contributed by atoms with van der Waals surface area (Å²) in [4.78, 5) is 7.96. The number of fused-ring (bicyclic) bond motifs is 1. The number of nitrogen functional groups attached to an aromatic ring is 2. The van der Waals surface area contributed by atoms with Crippen LogP contribution in [-0.2, 0) is 6.42 Å². The fraction of sp³-hybridized carbons (Fsp3) is 0.368. The zero-order chi connectivity index (χ0) is 21.8. The van der Waals surface area contributed by atoms with Gasteiger partial charge in [-0.3, -0.25) is 0 Å². The average molecular weight is 358 g/mol. The van der Waals surface area contributed by atoms with E-state index in [0.29, 0.717) is 28.9 Å². The van der Waals surface area contributed by atoms with Crippen LogP contribution in [0.4, 0.5) is 11.8 Å². The number of nitrogens with two attached hydrogens (primary N) is 2. The van der Waals surface area contributed by atoms with Gasteiger partial charge < -0.3 is 25.7 Å². The van der Waals surface area contributed by atoms with Gasteiger partial charge in [-0.05, 0) is 36.4 Å². The average Bonchev–Trinajstić information content (AvgIpc) is 3.34. The lowest BCUT2D eigenvalue weighted by atomic mass is 9.96. The first-order valence-corrected chi connectivity index (χ1v) is 8.13. The molecular weight excluding hydrogens is 332 g/mol. The van der Waals surface area contributed by atoms with Crippen LogP contribution in [-0.4, -0.2) is 30.3 Å². The molecule has 2 aromatic rings. The number of nitrogens with zero attached hydrogens (tertiary/aromatic N) is 2. The van der Waals surface area contributed by atoms with E-state index in [-0.39, 0.29) is 35.7 Å². The topological polar surface area (TPSA) is 106 Å². The van der Waals surface area contributed by atoms with Gasteiger partial charge in [0.1, 0.15) is 11.9 Å². The zero-order valence-electron chi connectivity index (χ0n) is 18.5. The van der Waals surface area contributed by atoms with Crippen LogP contribution in [0.5, 0.6) is 17.2 Å². The smallest absolute Gasteiger partial charge is 0.221 e. The minimum absolute atomic E-state index is 0.0694. The van der Waals surface area contributed by atoms with Crippen molar-refractivity contribution < 1.29 is 19.7 Å². The number of benzene rings is 1. The lowest BCUT2D eigenvalue weighted by Crippen LogP contribution is -2.20. The van der Waals surface area contributed by atoms with Crippen molar-refractivity contribution in [3.8, 4) is 17.2 Å². The highest BCUT2D eigenvalue weighted by molar-refractivity contribution is 5.72. The first-order chi connectivity index (χ1) is 14.1. The molecule has 26 heavy (non-hydrogen) atoms. The van der Waals surface area contributed by atoms with Crippen LogP contribution in [0.15, 0.2) is 18.3 Å². The standard InChI is InChI=1S/C19H22N4O3/c1-24-15-8-11(7-12-9-22-19(21)23-18(12)20)13-5-6-14(10-3-4-10)26-16(13)17(15)25-2/h5-6,8-10,14H,3-4,7H2,1-2H3,(H4,20,21,22,23)/i3D2,6D,14D. The molecule has 7 nitrogen and oxygen atoms in total. The van der Waals surface area contributed by atoms with Gasteiger partial charge in [0.2, 0.25) is 11.7 Å². The van der Waals surface area contributed by atoms with E-state index in [0.717, 1.165) is 0 Å². The van der Waals surface area contributed by atoms with E-state index in [9.17, 15) is 0 Å². The molecule has 0 bridgehead atoms. The van der Waals surface area contributed by atoms with Gasteiger partial charge in [0.15, 0.2) is 11.5 Å². The van der Waals surface area contributed by atoms with Gasteiger partial charge in [-0.1, -0.05) is 6.08 Å². The number of hydrogen-bond donors (Lipinski definition) is 2. The fourth-order valence-electron chi connectivity index (χ4n) is 2.91. The molecule has 2 heterocycles. The van der Waals surface area contributed by atoms with Crippen LogP contribution in [0, 0.1) is 5.92 Å². The van der Waals surface area contributed by atoms with Crippen LogP contribution < -0.4 is 25.7 Å². The molecule has 1 fully saturated rings. The van der Waals surface area contributed by atoms with Crippen molar-refractivity contribution in [3.05, 3.63) is 35.0 Å². The Hall–Kier alpha value is -2.96. The van der Waals surface area contributed by atoms with Crippen LogP contribution in [0.2, 0.25) is 0 Å². The summed E-state index contributed by atoms with van der Waals surface area (Å²) in [5.41, 5.74) is 13.4. The quantitative estimate of drug-likeness (QED) is 0.845. The number of ether oxygens (including phenoxy) is 3. The molecule has 2 unspecified atom stereocenters. The maximum absolute atomic E-state index is 8.71. The van der Waals surface area contributed by atoms with Crippen molar-refractivity contribution in [3.63, 3.8) is 0 Å². The summed E-state index contributed by atoms with van der Waals surface area (Å²) in [6.07, 6.45) is 0.105. The van der Waals surface area contributed by atoms with E-state index in [1.54, 1.807) is 6.07 Å². The van der Waals surface area contributed by atoms with Crippen LogP contribution >= 0.6 is 0 Å². The van der Waals surface area contributed by atoms with Crippen molar-refractivity contribution in [2.24, 2.45) is 5.92 Å². The summed E-state index contributed by atoms with van der Waals surface area (Å²) >= 11 is 0. The number of aromatic nitrogens is 2. The number of hydrogen-bond acceptors (Lipinski definition) is 7. The van der Waals surface area contributed by atoms with Crippen LogP contribution in [0.1, 0.15) is 35.0 Å². The highest BCUT2D eigenvalue weighted by atomic mass is 16.5. The molecule has 0 saturated heterocycles. The van der Waals surface area contributed by atoms with Crippen molar-refractivity contribution in [2.75, 3.05) is 25.7 Å². The van der Waals surface area contributed by atoms with Gasteiger partial charge >= 0.3 is 0 Å². The van der Waals surface area contributed by atoms with Crippen molar-refractivity contribution >= 4 is 17.8 Å². The summed E-state index contributed by atoms with van der Waals surface area (Å²) in [5.74, 6) is 0.445. The van der Waals surface area contributed by atoms with E-state index in [1.807, 2.05) is 0 Å². The summed E-state index contributed by atoms with van der Waals surface area (Å²) in [6.45, 7) is 0. The largest absolute Gasteiger partial charge is 0.493 e. The third-order valence-corrected chi connectivity index (χ3v) is 4.34. The predicted molar refractivity (Wildman–Crippen MR) is 99.4 cm³/mol. The Kier molecular flexibility index (Phi) is 3.05. The number of anilines is 2. The Bertz CT molecular complexity index is 1060. The molecule has 7 heteroatoms. The van der Waals surface area contributed by atoms with E-state index < -0.39 is 18.4 Å². The van der Waals surface area contributed by atoms with Gasteiger partial charge in [0, 0.05) is 26.5 Å². The van der Waals surface area contributed by atoms with Crippen molar-refractivity contribution in [1.82, 2.24) is 9.97 Å². The summed E-state index contributed by atoms with van der Waals surface area (Å²) < 4.78 is 49.9. The lowest BCUT2D eigenvalue weighted by molar-refractivity contribution is 0.209. The monoisotopic (exact) mass is 358 g/mol. The Morgan fingerprint density at radius 2 is 2.19 bits per heavy atom. The number of methoxy groups -OCH3 is 2. The maximum Gasteiger partial charge on any atom is 0.221 e. The summed E-state index contributed by atoms with van der Waals surface area (Å²) in [6, 6.07) is 1.62. The van der Waals surface area contributed by atoms with Gasteiger partial charge in [-0.15, -0.1) is 0 Å². The Morgan fingerprint density at radius 3 is 2.85 bits per heavy atom. The molecule has 2 aliphatic rings. The van der Waals surface area contributed by atoms with Crippen molar-refractivity contribution in [2.45, 2.75) is 25.3 Å². The molecule has 0 spiro atoms. The first-order valence-electron chi connectivity index (χ1n) is 10.1. The fourth-order valence-corrected chi connectivity index (χ4v) is 2.91. The second-order valence-corrected chi connectivity index (χ2v) is 6.05. The molecule has 4 rings (SSSR count). The third-order valence-electron chi connectivity index (χ3n) is 4.34. The highest BCUT2D eigenvalue weighted by Gasteiger charge is 2.35. The van der Waals surface area contributed by atoms with Crippen LogP contribution in [0.3, 0.4) is 0 Å². The molecule has 1 aromatic heterocycles. The SMILES string of the molecule is [2H]C1=Cc2c(Cc3cnc(N)nc3N)cc(OC)c(OC)c2OC1([2H])C1CC1([2H])[2H]. The van der Waals surface area contributed by atoms with Gasteiger partial charge in [-0.2, -0.15) is 4.98 Å². The minimum Gasteiger partial charge on any atom is -0.493 e. The normalized spacial score (nSPS) is 27.6. The zero-order valence-corrected chi connectivity index (χ0v) is 14.5. The molecule has 0 radical (unpaired) electrons. The third kappa shape index (κ3) is 2.89. The molecule has 2 atom stereocenters. The summed E-state index contributed by atoms with van der Waals surface area (Å²) in [5, 5.41) is 0. The second-order valence-electron chi connectivity index (χ2n) is 6.05. The molecule has 1 aromatic carbocycles. The molecule has 1 aliphatic carbocycles. The number of rotatable bonds is 5. The molecule has 1 saturated carbocycles. The van der Waals surface area contributed by atoms with E-state index in [1.165, 1.54) is 26.5 Å². The first kappa shape index (κ1) is 12.4. The Labute approximate surface area is 157 Å². The highest BCUT2D eigenvalue weighted by Crippen LogP contribution is 2.48. The molecule has 1 aliphatic heterocycles. The van der Waals surface area contributed by atoms with E-state index in [2.05, 4.69) is 9.97 Å². The van der Waals surface area contributed by atoms with E-state index in [4.69, 9.17) is 31.2 Å². The Balaban J connectivity index is 1.85. The second kappa shape index (κ2) is 6.40. The molecule has 4 N–H and O–H groups in total. The lowest BCUT2D eigenvalue weighted by Gasteiger charge is -2.26.